The smallest absolute Gasteiger partial charge is 0.325 e. The molecular weight excluding hydrogens is 426 g/mol. The van der Waals surface area contributed by atoms with Gasteiger partial charge in [-0.3, -0.25) is 0 Å². The number of sulfone groups is 1. The molecule has 1 aliphatic rings. The summed E-state index contributed by atoms with van der Waals surface area (Å²) in [6.07, 6.45) is 8.24. The van der Waals surface area contributed by atoms with Crippen LogP contribution in [0.1, 0.15) is 29.4 Å². The first-order valence-electron chi connectivity index (χ1n) is 10.2. The highest BCUT2D eigenvalue weighted by molar-refractivity contribution is 8.04. The minimum atomic E-state index is -3.23. The summed E-state index contributed by atoms with van der Waals surface area (Å²) in [5.74, 6) is 0.876. The van der Waals surface area contributed by atoms with E-state index in [1.165, 1.54) is 22.9 Å². The SMILES string of the molecule is CC[n+]1cc(Cc2ccc(C)cc2)cnc1C=C1Sc2cc(S(C)(=O)=O)ccc2N1C. The Morgan fingerprint density at radius 2 is 1.87 bits per heavy atom. The second-order valence-electron chi connectivity index (χ2n) is 7.81. The molecule has 31 heavy (non-hydrogen) atoms. The van der Waals surface area contributed by atoms with Crippen LogP contribution in [-0.4, -0.2) is 26.7 Å². The maximum absolute atomic E-state index is 11.9. The summed E-state index contributed by atoms with van der Waals surface area (Å²) in [4.78, 5) is 8.09. The number of anilines is 1. The van der Waals surface area contributed by atoms with Crippen LogP contribution in [0.3, 0.4) is 0 Å². The number of fused-ring (bicyclic) bond motifs is 1. The van der Waals surface area contributed by atoms with E-state index in [0.717, 1.165) is 34.4 Å². The first-order valence-corrected chi connectivity index (χ1v) is 12.9. The van der Waals surface area contributed by atoms with Gasteiger partial charge in [0.25, 0.3) is 0 Å². The van der Waals surface area contributed by atoms with Crippen molar-refractivity contribution in [3.05, 3.63) is 82.4 Å². The zero-order chi connectivity index (χ0) is 22.2. The van der Waals surface area contributed by atoms with Crippen molar-refractivity contribution in [2.24, 2.45) is 0 Å². The fraction of sp³-hybridized carbons (Fsp3) is 0.250. The first kappa shape index (κ1) is 21.6. The Hall–Kier alpha value is -2.64. The summed E-state index contributed by atoms with van der Waals surface area (Å²) >= 11 is 1.57. The molecule has 0 amide bonds. The number of hydrogen-bond acceptors (Lipinski definition) is 5. The molecule has 0 unspecified atom stereocenters. The molecule has 5 nitrogen and oxygen atoms in total. The van der Waals surface area contributed by atoms with E-state index in [0.29, 0.717) is 4.90 Å². The van der Waals surface area contributed by atoms with Gasteiger partial charge in [0.15, 0.2) is 9.84 Å². The van der Waals surface area contributed by atoms with Gasteiger partial charge in [-0.1, -0.05) is 41.6 Å². The summed E-state index contributed by atoms with van der Waals surface area (Å²) in [7, 11) is -1.24. The highest BCUT2D eigenvalue weighted by Gasteiger charge is 2.25. The van der Waals surface area contributed by atoms with E-state index < -0.39 is 9.84 Å². The molecule has 1 aromatic heterocycles. The Labute approximate surface area is 188 Å². The molecule has 0 radical (unpaired) electrons. The van der Waals surface area contributed by atoms with Crippen LogP contribution in [-0.2, 0) is 22.8 Å². The van der Waals surface area contributed by atoms with Crippen LogP contribution in [0.25, 0.3) is 6.08 Å². The minimum absolute atomic E-state index is 0.343. The molecule has 0 N–H and O–H groups in total. The lowest BCUT2D eigenvalue weighted by Gasteiger charge is -2.13. The number of hydrogen-bond donors (Lipinski definition) is 0. The van der Waals surface area contributed by atoms with E-state index in [1.807, 2.05) is 19.3 Å². The van der Waals surface area contributed by atoms with Crippen LogP contribution < -0.4 is 9.47 Å². The third-order valence-corrected chi connectivity index (χ3v) is 7.62. The Morgan fingerprint density at radius 1 is 1.13 bits per heavy atom. The average molecular weight is 453 g/mol. The summed E-state index contributed by atoms with van der Waals surface area (Å²) in [6.45, 7) is 5.02. The molecule has 3 aromatic rings. The van der Waals surface area contributed by atoms with Gasteiger partial charge in [0.2, 0.25) is 0 Å². The lowest BCUT2D eigenvalue weighted by atomic mass is 10.1. The topological polar surface area (TPSA) is 54.2 Å². The fourth-order valence-electron chi connectivity index (χ4n) is 3.55. The van der Waals surface area contributed by atoms with Gasteiger partial charge in [-0.15, -0.1) is 0 Å². The van der Waals surface area contributed by atoms with Gasteiger partial charge in [0.05, 0.1) is 34.4 Å². The van der Waals surface area contributed by atoms with Crippen molar-refractivity contribution < 1.29 is 13.0 Å². The third-order valence-electron chi connectivity index (χ3n) is 5.37. The van der Waals surface area contributed by atoms with Crippen molar-refractivity contribution in [3.8, 4) is 0 Å². The Kier molecular flexibility index (Phi) is 5.90. The summed E-state index contributed by atoms with van der Waals surface area (Å²) < 4.78 is 25.9. The van der Waals surface area contributed by atoms with E-state index in [9.17, 15) is 8.42 Å². The van der Waals surface area contributed by atoms with E-state index in [1.54, 1.807) is 23.9 Å². The maximum Gasteiger partial charge on any atom is 0.325 e. The van der Waals surface area contributed by atoms with Gasteiger partial charge >= 0.3 is 5.82 Å². The zero-order valence-electron chi connectivity index (χ0n) is 18.2. The number of aryl methyl sites for hydroxylation is 2. The molecule has 0 aliphatic carbocycles. The molecule has 4 rings (SSSR count). The Bertz CT molecular complexity index is 1270. The predicted molar refractivity (Wildman–Crippen MR) is 126 cm³/mol. The predicted octanol–water partition coefficient (Wildman–Crippen LogP) is 4.23. The zero-order valence-corrected chi connectivity index (χ0v) is 19.8. The highest BCUT2D eigenvalue weighted by atomic mass is 32.2. The highest BCUT2D eigenvalue weighted by Crippen LogP contribution is 2.46. The van der Waals surface area contributed by atoms with Gasteiger partial charge in [0.1, 0.15) is 6.20 Å². The molecule has 0 atom stereocenters. The number of rotatable bonds is 5. The normalized spacial score (nSPS) is 14.8. The fourth-order valence-corrected chi connectivity index (χ4v) is 5.39. The molecule has 0 bridgehead atoms. The number of thioether (sulfide) groups is 1. The number of aromatic nitrogens is 2. The molecule has 0 fully saturated rings. The largest absolute Gasteiger partial charge is 0.338 e. The lowest BCUT2D eigenvalue weighted by Crippen LogP contribution is -2.37. The summed E-state index contributed by atoms with van der Waals surface area (Å²) in [5.41, 5.74) is 4.70. The molecule has 1 aliphatic heterocycles. The first-order chi connectivity index (χ1) is 14.7. The summed E-state index contributed by atoms with van der Waals surface area (Å²) in [6, 6.07) is 13.9. The van der Waals surface area contributed by atoms with Gasteiger partial charge in [-0.2, -0.15) is 0 Å². The molecule has 0 saturated carbocycles. The molecule has 2 aromatic carbocycles. The average Bonchev–Trinajstić information content (AvgIpc) is 3.05. The van der Waals surface area contributed by atoms with Gasteiger partial charge in [-0.05, 0) is 42.6 Å². The Balaban J connectivity index is 1.61. The van der Waals surface area contributed by atoms with Crippen LogP contribution in [0.5, 0.6) is 0 Å². The van der Waals surface area contributed by atoms with Crippen LogP contribution in [0, 0.1) is 6.92 Å². The van der Waals surface area contributed by atoms with E-state index in [2.05, 4.69) is 59.9 Å². The van der Waals surface area contributed by atoms with Crippen LogP contribution in [0.15, 0.2) is 69.7 Å². The van der Waals surface area contributed by atoms with Crippen LogP contribution in [0.2, 0.25) is 0 Å². The second kappa shape index (κ2) is 8.48. The molecule has 7 heteroatoms. The molecule has 0 saturated heterocycles. The summed E-state index contributed by atoms with van der Waals surface area (Å²) in [5, 5.41) is 1.02. The minimum Gasteiger partial charge on any atom is -0.338 e. The molecular formula is C24H26N3O2S2+. The quantitative estimate of drug-likeness (QED) is 0.542. The number of nitrogens with zero attached hydrogens (tertiary/aromatic N) is 3. The Morgan fingerprint density at radius 3 is 2.55 bits per heavy atom. The van der Waals surface area contributed by atoms with Gasteiger partial charge in [0, 0.05) is 30.2 Å². The third kappa shape index (κ3) is 4.67. The van der Waals surface area contributed by atoms with Crippen molar-refractivity contribution >= 4 is 33.4 Å². The molecule has 2 heterocycles. The van der Waals surface area contributed by atoms with Crippen LogP contribution >= 0.6 is 11.8 Å². The van der Waals surface area contributed by atoms with E-state index >= 15 is 0 Å². The van der Waals surface area contributed by atoms with Crippen LogP contribution in [0.4, 0.5) is 5.69 Å². The van der Waals surface area contributed by atoms with Crippen molar-refractivity contribution in [1.29, 1.82) is 0 Å². The van der Waals surface area contributed by atoms with Gasteiger partial charge in [-0.25, -0.2) is 13.0 Å². The molecule has 160 valence electrons. The van der Waals surface area contributed by atoms with Crippen molar-refractivity contribution in [1.82, 2.24) is 4.98 Å². The maximum atomic E-state index is 11.9. The van der Waals surface area contributed by atoms with E-state index in [4.69, 9.17) is 4.98 Å². The number of benzene rings is 2. The van der Waals surface area contributed by atoms with Gasteiger partial charge < -0.3 is 4.90 Å². The van der Waals surface area contributed by atoms with Crippen molar-refractivity contribution in [3.63, 3.8) is 0 Å². The monoisotopic (exact) mass is 452 g/mol. The second-order valence-corrected chi connectivity index (χ2v) is 10.9. The molecule has 0 spiro atoms. The van der Waals surface area contributed by atoms with Crippen molar-refractivity contribution in [2.45, 2.75) is 36.6 Å². The lowest BCUT2D eigenvalue weighted by molar-refractivity contribution is -0.698. The van der Waals surface area contributed by atoms with Crippen molar-refractivity contribution in [2.75, 3.05) is 18.2 Å². The standard InChI is InChI=1S/C24H26N3O2S2/c1-5-27-16-19(12-18-8-6-17(2)7-9-18)15-25-23(27)14-24-26(3)21-11-10-20(31(4,28)29)13-22(21)30-24/h6-11,13-16H,5,12H2,1-4H3/q+1. The van der Waals surface area contributed by atoms with E-state index in [-0.39, 0.29) is 0 Å².